The number of rotatable bonds is 3. The van der Waals surface area contributed by atoms with E-state index in [-0.39, 0.29) is 16.6 Å². The largest absolute Gasteiger partial charge is 0.463 e. The smallest absolute Gasteiger partial charge is 0.357 e. The van der Waals surface area contributed by atoms with Crippen LogP contribution in [-0.2, 0) is 16.8 Å². The zero-order valence-corrected chi connectivity index (χ0v) is 14.9. The Morgan fingerprint density at radius 2 is 1.76 bits per heavy atom. The molecule has 1 N–H and O–H groups in total. The summed E-state index contributed by atoms with van der Waals surface area (Å²) >= 11 is -2.43. The molecule has 0 saturated heterocycles. The van der Waals surface area contributed by atoms with Gasteiger partial charge in [-0.15, -0.1) is 0 Å². The Morgan fingerprint density at radius 1 is 1.08 bits per heavy atom. The molecular formula is C19H18O5S. The van der Waals surface area contributed by atoms with Gasteiger partial charge in [0.25, 0.3) is 0 Å². The molecule has 0 fully saturated rings. The van der Waals surface area contributed by atoms with Crippen molar-refractivity contribution in [2.45, 2.75) is 26.2 Å². The van der Waals surface area contributed by atoms with Crippen molar-refractivity contribution in [1.82, 2.24) is 0 Å². The van der Waals surface area contributed by atoms with Gasteiger partial charge in [-0.25, -0.2) is 0 Å². The topological polar surface area (TPSA) is 76.7 Å². The Morgan fingerprint density at radius 3 is 2.36 bits per heavy atom. The third kappa shape index (κ3) is 3.65. The molecule has 0 saturated carbocycles. The lowest BCUT2D eigenvalue weighted by atomic mass is 9.86. The minimum Gasteiger partial charge on any atom is -0.463 e. The summed E-state index contributed by atoms with van der Waals surface area (Å²) in [5.74, 6) is 0.152. The monoisotopic (exact) mass is 358 g/mol. The predicted octanol–water partition coefficient (Wildman–Crippen LogP) is 4.27. The highest BCUT2D eigenvalue weighted by Crippen LogP contribution is 2.27. The van der Waals surface area contributed by atoms with Gasteiger partial charge in [0.2, 0.25) is 0 Å². The highest BCUT2D eigenvalue weighted by molar-refractivity contribution is 7.74. The summed E-state index contributed by atoms with van der Waals surface area (Å²) in [5.41, 5.74) is 2.59. The van der Waals surface area contributed by atoms with E-state index in [1.54, 1.807) is 0 Å². The van der Waals surface area contributed by atoms with Crippen LogP contribution in [0.15, 0.2) is 57.9 Å². The number of hydrogen-bond acceptors (Lipinski definition) is 4. The van der Waals surface area contributed by atoms with Crippen LogP contribution in [0.3, 0.4) is 0 Å². The first kappa shape index (κ1) is 17.4. The molecule has 1 heterocycles. The van der Waals surface area contributed by atoms with Crippen LogP contribution in [0.2, 0.25) is 0 Å². The van der Waals surface area contributed by atoms with Crippen molar-refractivity contribution < 1.29 is 17.4 Å². The first-order chi connectivity index (χ1) is 11.8. The lowest BCUT2D eigenvalue weighted by Crippen LogP contribution is -2.11. The standard InChI is InChI=1S/C19H18O5S/c1-19(2,3)13-6-4-12(5-7-13)16-11-23-17-10-14(24-25(21)22)8-9-15(17)18(16)20/h4-11H,1-3H3,(H,21,22). The highest BCUT2D eigenvalue weighted by atomic mass is 32.2. The first-order valence-corrected chi connectivity index (χ1v) is 8.74. The van der Waals surface area contributed by atoms with E-state index in [0.29, 0.717) is 16.5 Å². The summed E-state index contributed by atoms with van der Waals surface area (Å²) in [4.78, 5) is 12.7. The fraction of sp³-hybridized carbons (Fsp3) is 0.211. The summed E-state index contributed by atoms with van der Waals surface area (Å²) in [5, 5.41) is 0.383. The van der Waals surface area contributed by atoms with Gasteiger partial charge < -0.3 is 8.60 Å². The van der Waals surface area contributed by atoms with Crippen molar-refractivity contribution in [3.63, 3.8) is 0 Å². The maximum atomic E-state index is 12.7. The van der Waals surface area contributed by atoms with E-state index in [2.05, 4.69) is 25.0 Å². The van der Waals surface area contributed by atoms with Gasteiger partial charge in [0.05, 0.1) is 10.9 Å². The Hall–Kier alpha value is -2.44. The molecule has 0 radical (unpaired) electrons. The molecule has 1 atom stereocenters. The molecule has 0 bridgehead atoms. The van der Waals surface area contributed by atoms with Crippen LogP contribution in [0, 0.1) is 0 Å². The highest BCUT2D eigenvalue weighted by Gasteiger charge is 2.15. The third-order valence-electron chi connectivity index (χ3n) is 3.98. The number of fused-ring (bicyclic) bond motifs is 1. The van der Waals surface area contributed by atoms with Crippen LogP contribution >= 0.6 is 0 Å². The van der Waals surface area contributed by atoms with Crippen molar-refractivity contribution >= 4 is 22.3 Å². The van der Waals surface area contributed by atoms with Crippen LogP contribution in [-0.4, -0.2) is 8.76 Å². The summed E-state index contributed by atoms with van der Waals surface area (Å²) in [6.07, 6.45) is 1.40. The van der Waals surface area contributed by atoms with Crippen molar-refractivity contribution in [2.75, 3.05) is 0 Å². The second-order valence-corrected chi connectivity index (χ2v) is 7.37. The zero-order chi connectivity index (χ0) is 18.2. The average Bonchev–Trinajstić information content (AvgIpc) is 2.54. The molecule has 1 unspecified atom stereocenters. The van der Waals surface area contributed by atoms with Crippen LogP contribution < -0.4 is 9.61 Å². The molecule has 0 aliphatic rings. The molecule has 3 rings (SSSR count). The summed E-state index contributed by atoms with van der Waals surface area (Å²) < 4.78 is 29.7. The Bertz CT molecular complexity index is 997. The minimum absolute atomic E-state index is 0.0375. The molecule has 5 nitrogen and oxygen atoms in total. The summed E-state index contributed by atoms with van der Waals surface area (Å²) in [6, 6.07) is 12.2. The lowest BCUT2D eigenvalue weighted by molar-refractivity contribution is 0.457. The SMILES string of the molecule is CC(C)(C)c1ccc(-c2coc3cc(OS(=O)O)ccc3c2=O)cc1. The summed E-state index contributed by atoms with van der Waals surface area (Å²) in [7, 11) is 0. The molecule has 0 aliphatic carbocycles. The summed E-state index contributed by atoms with van der Waals surface area (Å²) in [6.45, 7) is 6.39. The fourth-order valence-corrected chi connectivity index (χ4v) is 2.86. The normalized spacial score (nSPS) is 13.0. The van der Waals surface area contributed by atoms with Gasteiger partial charge in [0.1, 0.15) is 17.6 Å². The van der Waals surface area contributed by atoms with Crippen molar-refractivity contribution in [3.05, 3.63) is 64.5 Å². The van der Waals surface area contributed by atoms with Gasteiger partial charge in [-0.2, -0.15) is 4.21 Å². The second kappa shape index (κ2) is 6.46. The second-order valence-electron chi connectivity index (χ2n) is 6.76. The van der Waals surface area contributed by atoms with E-state index in [1.807, 2.05) is 24.3 Å². The maximum absolute atomic E-state index is 12.7. The minimum atomic E-state index is -2.43. The number of hydrogen-bond donors (Lipinski definition) is 1. The van der Waals surface area contributed by atoms with Gasteiger partial charge in [-0.05, 0) is 28.7 Å². The van der Waals surface area contributed by atoms with E-state index in [9.17, 15) is 9.00 Å². The lowest BCUT2D eigenvalue weighted by Gasteiger charge is -2.19. The van der Waals surface area contributed by atoms with Crippen LogP contribution in [0.4, 0.5) is 0 Å². The average molecular weight is 358 g/mol. The maximum Gasteiger partial charge on any atom is 0.357 e. The molecule has 1 aromatic heterocycles. The molecule has 25 heavy (non-hydrogen) atoms. The molecule has 0 aliphatic heterocycles. The van der Waals surface area contributed by atoms with Crippen molar-refractivity contribution in [1.29, 1.82) is 0 Å². The molecule has 2 aromatic carbocycles. The van der Waals surface area contributed by atoms with Crippen LogP contribution in [0.5, 0.6) is 5.75 Å². The molecule has 0 amide bonds. The van der Waals surface area contributed by atoms with E-state index in [1.165, 1.54) is 30.0 Å². The van der Waals surface area contributed by atoms with E-state index < -0.39 is 11.4 Å². The van der Waals surface area contributed by atoms with Crippen LogP contribution in [0.1, 0.15) is 26.3 Å². The number of benzene rings is 2. The van der Waals surface area contributed by atoms with Gasteiger partial charge in [-0.3, -0.25) is 9.35 Å². The fourth-order valence-electron chi connectivity index (χ4n) is 2.59. The third-order valence-corrected chi connectivity index (χ3v) is 4.31. The van der Waals surface area contributed by atoms with E-state index >= 15 is 0 Å². The predicted molar refractivity (Wildman–Crippen MR) is 98.0 cm³/mol. The van der Waals surface area contributed by atoms with Crippen molar-refractivity contribution in [2.24, 2.45) is 0 Å². The Labute approximate surface area is 147 Å². The van der Waals surface area contributed by atoms with Gasteiger partial charge in [-0.1, -0.05) is 45.0 Å². The van der Waals surface area contributed by atoms with E-state index in [0.717, 1.165) is 5.56 Å². The van der Waals surface area contributed by atoms with E-state index in [4.69, 9.17) is 8.97 Å². The van der Waals surface area contributed by atoms with Gasteiger partial charge in [0.15, 0.2) is 5.43 Å². The van der Waals surface area contributed by atoms with Gasteiger partial charge >= 0.3 is 11.4 Å². The quantitative estimate of drug-likeness (QED) is 0.708. The van der Waals surface area contributed by atoms with Crippen LogP contribution in [0.25, 0.3) is 22.1 Å². The Balaban J connectivity index is 2.04. The van der Waals surface area contributed by atoms with Gasteiger partial charge in [0, 0.05) is 6.07 Å². The first-order valence-electron chi connectivity index (χ1n) is 7.71. The van der Waals surface area contributed by atoms with Crippen molar-refractivity contribution in [3.8, 4) is 16.9 Å². The molecule has 130 valence electrons. The molecule has 3 aromatic rings. The zero-order valence-electron chi connectivity index (χ0n) is 14.1. The molecular weight excluding hydrogens is 340 g/mol. The molecule has 0 spiro atoms. The molecule has 6 heteroatoms. The Kier molecular flexibility index (Phi) is 4.49.